The molecule has 0 aliphatic carbocycles. The smallest absolute Gasteiger partial charge is 0.340 e. The van der Waals surface area contributed by atoms with E-state index in [1.165, 1.54) is 0 Å². The largest absolute Gasteiger partial charge is 0.480 e. The number of carboxylic acids is 1. The lowest BCUT2D eigenvalue weighted by Gasteiger charge is -2.15. The monoisotopic (exact) mass is 472 g/mol. The number of hydrogen-bond donors (Lipinski definition) is 3. The summed E-state index contributed by atoms with van der Waals surface area (Å²) in [6.07, 6.45) is 3.21. The normalized spacial score (nSPS) is 12.4. The topological polar surface area (TPSA) is 126 Å². The molecule has 0 fully saturated rings. The summed E-state index contributed by atoms with van der Waals surface area (Å²) in [6, 6.07) is 8.30. The molecule has 3 N–H and O–H groups in total. The fourth-order valence-corrected chi connectivity index (χ4v) is 4.65. The standard InChI is InChI=1S/C27H24N2O6/c1-13-12-34-24-15(3)25-19(9-18(13)24)14(2)20(27(33)35-25)10-23(30)29-22(26(31)32)8-16-11-28-21-7-5-4-6-17(16)21/h4-7,9,11-12,22,28H,8,10H2,1-3H3,(H,29,30)(H,31,32)/t22-/m0/s1. The molecule has 0 aliphatic heterocycles. The van der Waals surface area contributed by atoms with Crippen molar-refractivity contribution in [3.63, 3.8) is 0 Å². The maximum Gasteiger partial charge on any atom is 0.340 e. The van der Waals surface area contributed by atoms with Crippen LogP contribution in [-0.2, 0) is 22.4 Å². The molecule has 0 bridgehead atoms. The van der Waals surface area contributed by atoms with E-state index in [4.69, 9.17) is 8.83 Å². The lowest BCUT2D eigenvalue weighted by atomic mass is 9.98. The quantitative estimate of drug-likeness (QED) is 0.316. The molecule has 35 heavy (non-hydrogen) atoms. The van der Waals surface area contributed by atoms with Crippen LogP contribution < -0.4 is 10.9 Å². The number of aromatic amines is 1. The maximum absolute atomic E-state index is 12.9. The van der Waals surface area contributed by atoms with Crippen molar-refractivity contribution >= 4 is 44.7 Å². The van der Waals surface area contributed by atoms with Crippen LogP contribution in [0.15, 0.2) is 56.4 Å². The number of carboxylic acid groups (broad SMARTS) is 1. The molecule has 0 unspecified atom stereocenters. The summed E-state index contributed by atoms with van der Waals surface area (Å²) in [5.41, 5.74) is 4.61. The predicted molar refractivity (Wildman–Crippen MR) is 132 cm³/mol. The van der Waals surface area contributed by atoms with Crippen LogP contribution in [0.2, 0.25) is 0 Å². The van der Waals surface area contributed by atoms with Crippen molar-refractivity contribution in [1.29, 1.82) is 0 Å². The van der Waals surface area contributed by atoms with Crippen molar-refractivity contribution in [2.75, 3.05) is 0 Å². The van der Waals surface area contributed by atoms with E-state index in [1.54, 1.807) is 19.4 Å². The van der Waals surface area contributed by atoms with Gasteiger partial charge in [0.1, 0.15) is 17.2 Å². The predicted octanol–water partition coefficient (Wildman–Crippen LogP) is 4.30. The zero-order valence-corrected chi connectivity index (χ0v) is 19.5. The maximum atomic E-state index is 12.9. The molecule has 1 amide bonds. The Kier molecular flexibility index (Phi) is 5.43. The number of amides is 1. The molecule has 3 heterocycles. The van der Waals surface area contributed by atoms with Crippen LogP contribution in [0.25, 0.3) is 32.8 Å². The Morgan fingerprint density at radius 3 is 2.60 bits per heavy atom. The highest BCUT2D eigenvalue weighted by Gasteiger charge is 2.24. The van der Waals surface area contributed by atoms with Crippen molar-refractivity contribution in [3.05, 3.63) is 81.0 Å². The van der Waals surface area contributed by atoms with E-state index in [9.17, 15) is 19.5 Å². The molecule has 8 nitrogen and oxygen atoms in total. The zero-order valence-electron chi connectivity index (χ0n) is 19.5. The second kappa shape index (κ2) is 8.47. The average molecular weight is 472 g/mol. The molecule has 0 spiro atoms. The van der Waals surface area contributed by atoms with Crippen LogP contribution in [0.3, 0.4) is 0 Å². The first kappa shape index (κ1) is 22.5. The van der Waals surface area contributed by atoms with Gasteiger partial charge in [-0.25, -0.2) is 9.59 Å². The van der Waals surface area contributed by atoms with E-state index in [2.05, 4.69) is 10.3 Å². The van der Waals surface area contributed by atoms with Gasteiger partial charge in [-0.3, -0.25) is 4.79 Å². The number of benzene rings is 2. The SMILES string of the molecule is Cc1coc2c(C)c3oc(=O)c(CC(=O)N[C@@H](Cc4c[nH]c5ccccc45)C(=O)O)c(C)c3cc12. The third kappa shape index (κ3) is 3.86. The lowest BCUT2D eigenvalue weighted by molar-refractivity contribution is -0.141. The molecule has 0 aliphatic rings. The van der Waals surface area contributed by atoms with E-state index in [0.717, 1.165) is 32.8 Å². The van der Waals surface area contributed by atoms with Crippen LogP contribution in [0.4, 0.5) is 0 Å². The highest BCUT2D eigenvalue weighted by molar-refractivity contribution is 6.00. The Labute approximate surface area is 199 Å². The molecule has 5 aromatic rings. The molecular weight excluding hydrogens is 448 g/mol. The number of nitrogens with one attached hydrogen (secondary N) is 2. The highest BCUT2D eigenvalue weighted by atomic mass is 16.4. The molecule has 3 aromatic heterocycles. The Bertz CT molecular complexity index is 1690. The minimum Gasteiger partial charge on any atom is -0.480 e. The first-order valence-corrected chi connectivity index (χ1v) is 11.3. The van der Waals surface area contributed by atoms with Gasteiger partial charge in [-0.05, 0) is 49.6 Å². The number of aromatic nitrogens is 1. The van der Waals surface area contributed by atoms with Gasteiger partial charge in [-0.15, -0.1) is 0 Å². The van der Waals surface area contributed by atoms with Gasteiger partial charge in [0.2, 0.25) is 5.91 Å². The van der Waals surface area contributed by atoms with Crippen molar-refractivity contribution in [2.24, 2.45) is 0 Å². The Morgan fingerprint density at radius 2 is 1.83 bits per heavy atom. The molecular formula is C27H24N2O6. The van der Waals surface area contributed by atoms with E-state index in [-0.39, 0.29) is 18.4 Å². The van der Waals surface area contributed by atoms with Crippen LogP contribution in [0, 0.1) is 20.8 Å². The van der Waals surface area contributed by atoms with Gasteiger partial charge in [0, 0.05) is 39.9 Å². The summed E-state index contributed by atoms with van der Waals surface area (Å²) in [5.74, 6) is -1.72. The fraction of sp³-hybridized carbons (Fsp3) is 0.222. The molecule has 0 radical (unpaired) electrons. The number of para-hydroxylation sites is 1. The number of fused-ring (bicyclic) bond motifs is 3. The molecule has 8 heteroatoms. The number of carbonyl (C=O) groups is 2. The van der Waals surface area contributed by atoms with Crippen molar-refractivity contribution < 1.29 is 23.5 Å². The van der Waals surface area contributed by atoms with Gasteiger partial charge in [-0.1, -0.05) is 18.2 Å². The number of rotatable bonds is 6. The number of carbonyl (C=O) groups excluding carboxylic acids is 1. The van der Waals surface area contributed by atoms with Crippen LogP contribution in [0.1, 0.15) is 27.8 Å². The molecule has 0 saturated heterocycles. The lowest BCUT2D eigenvalue weighted by Crippen LogP contribution is -2.43. The molecule has 2 aromatic carbocycles. The number of H-pyrrole nitrogens is 1. The summed E-state index contributed by atoms with van der Waals surface area (Å²) >= 11 is 0. The van der Waals surface area contributed by atoms with Gasteiger partial charge in [0.15, 0.2) is 0 Å². The van der Waals surface area contributed by atoms with Gasteiger partial charge in [0.25, 0.3) is 0 Å². The Hall–Kier alpha value is -4.33. The summed E-state index contributed by atoms with van der Waals surface area (Å²) in [4.78, 5) is 40.7. The summed E-state index contributed by atoms with van der Waals surface area (Å²) in [6.45, 7) is 5.52. The van der Waals surface area contributed by atoms with Gasteiger partial charge < -0.3 is 24.2 Å². The van der Waals surface area contributed by atoms with Gasteiger partial charge >= 0.3 is 11.6 Å². The zero-order chi connectivity index (χ0) is 24.9. The number of aliphatic carboxylic acids is 1. The van der Waals surface area contributed by atoms with Crippen LogP contribution >= 0.6 is 0 Å². The van der Waals surface area contributed by atoms with E-state index in [1.807, 2.05) is 44.2 Å². The molecule has 178 valence electrons. The second-order valence-electron chi connectivity index (χ2n) is 8.87. The van der Waals surface area contributed by atoms with Crippen molar-refractivity contribution in [3.8, 4) is 0 Å². The summed E-state index contributed by atoms with van der Waals surface area (Å²) < 4.78 is 11.2. The van der Waals surface area contributed by atoms with Gasteiger partial charge in [0.05, 0.1) is 18.2 Å². The first-order chi connectivity index (χ1) is 16.7. The van der Waals surface area contributed by atoms with E-state index < -0.39 is 23.5 Å². The minimum absolute atomic E-state index is 0.105. The number of hydrogen-bond acceptors (Lipinski definition) is 5. The van der Waals surface area contributed by atoms with Crippen LogP contribution in [0.5, 0.6) is 0 Å². The average Bonchev–Trinajstić information content (AvgIpc) is 3.41. The van der Waals surface area contributed by atoms with Gasteiger partial charge in [-0.2, -0.15) is 0 Å². The fourth-order valence-electron chi connectivity index (χ4n) is 4.65. The third-order valence-corrected chi connectivity index (χ3v) is 6.60. The number of aryl methyl sites for hydroxylation is 3. The summed E-state index contributed by atoms with van der Waals surface area (Å²) in [5, 5.41) is 14.8. The third-order valence-electron chi connectivity index (χ3n) is 6.60. The molecule has 0 saturated carbocycles. The van der Waals surface area contributed by atoms with E-state index in [0.29, 0.717) is 22.3 Å². The van der Waals surface area contributed by atoms with Crippen molar-refractivity contribution in [1.82, 2.24) is 10.3 Å². The second-order valence-corrected chi connectivity index (χ2v) is 8.87. The van der Waals surface area contributed by atoms with E-state index >= 15 is 0 Å². The Balaban J connectivity index is 1.44. The minimum atomic E-state index is -1.15. The van der Waals surface area contributed by atoms with Crippen molar-refractivity contribution in [2.45, 2.75) is 39.7 Å². The molecule has 1 atom stereocenters. The van der Waals surface area contributed by atoms with Crippen LogP contribution in [-0.4, -0.2) is 28.0 Å². The molecule has 5 rings (SSSR count). The first-order valence-electron chi connectivity index (χ1n) is 11.3. The number of furan rings is 1. The Morgan fingerprint density at radius 1 is 1.06 bits per heavy atom. The summed E-state index contributed by atoms with van der Waals surface area (Å²) in [7, 11) is 0. The highest BCUT2D eigenvalue weighted by Crippen LogP contribution is 2.32.